The number of nitrogens with zero attached hydrogens (tertiary/aromatic N) is 6. The summed E-state index contributed by atoms with van der Waals surface area (Å²) < 4.78 is 2.08. The van der Waals surface area contributed by atoms with E-state index in [1.165, 1.54) is 6.20 Å². The first kappa shape index (κ1) is 22.7. The van der Waals surface area contributed by atoms with Gasteiger partial charge in [0.25, 0.3) is 0 Å². The summed E-state index contributed by atoms with van der Waals surface area (Å²) in [5.74, 6) is -0.883. The number of aromatic amines is 1. The highest BCUT2D eigenvalue weighted by atomic mass is 16.2. The Kier molecular flexibility index (Phi) is 5.67. The van der Waals surface area contributed by atoms with Crippen LogP contribution >= 0.6 is 0 Å². The number of fused-ring (bicyclic) bond motifs is 2. The summed E-state index contributed by atoms with van der Waals surface area (Å²) in [6.07, 6.45) is 9.83. The van der Waals surface area contributed by atoms with Gasteiger partial charge in [0.15, 0.2) is 0 Å². The van der Waals surface area contributed by atoms with Crippen LogP contribution in [0.15, 0.2) is 43.0 Å². The van der Waals surface area contributed by atoms with Crippen LogP contribution in [0.25, 0.3) is 21.8 Å². The van der Waals surface area contributed by atoms with Gasteiger partial charge in [0.2, 0.25) is 0 Å². The van der Waals surface area contributed by atoms with E-state index >= 15 is 0 Å². The molecular weight excluding hydrogens is 456 g/mol. The normalized spacial score (nSPS) is 22.9. The van der Waals surface area contributed by atoms with Crippen molar-refractivity contribution in [1.82, 2.24) is 34.8 Å². The molecule has 0 bridgehead atoms. The van der Waals surface area contributed by atoms with E-state index in [-0.39, 0.29) is 6.04 Å². The number of hydrogen-bond donors (Lipinski definition) is 2. The first-order valence-electron chi connectivity index (χ1n) is 12.5. The minimum absolute atomic E-state index is 0.161. The van der Waals surface area contributed by atoms with Crippen molar-refractivity contribution in [2.75, 3.05) is 32.0 Å². The molecule has 2 N–H and O–H groups in total. The number of likely N-dealkylation sites (tertiary alicyclic amines) is 2. The second-order valence-electron chi connectivity index (χ2n) is 10.3. The van der Waals surface area contributed by atoms with E-state index < -0.39 is 11.8 Å². The van der Waals surface area contributed by atoms with Crippen LogP contribution in [0.2, 0.25) is 0 Å². The Labute approximate surface area is 208 Å². The zero-order chi connectivity index (χ0) is 24.8. The summed E-state index contributed by atoms with van der Waals surface area (Å²) >= 11 is 0. The van der Waals surface area contributed by atoms with E-state index in [4.69, 9.17) is 5.10 Å². The van der Waals surface area contributed by atoms with E-state index in [9.17, 15) is 9.59 Å². The van der Waals surface area contributed by atoms with Gasteiger partial charge < -0.3 is 15.1 Å². The van der Waals surface area contributed by atoms with Crippen molar-refractivity contribution in [3.63, 3.8) is 0 Å². The highest BCUT2D eigenvalue weighted by Gasteiger charge is 2.34. The molecule has 2 fully saturated rings. The molecule has 2 amide bonds. The minimum atomic E-state index is -0.669. The molecule has 5 heterocycles. The van der Waals surface area contributed by atoms with Gasteiger partial charge in [-0.05, 0) is 56.5 Å². The van der Waals surface area contributed by atoms with Crippen molar-refractivity contribution in [1.29, 1.82) is 0 Å². The topological polar surface area (TPSA) is 112 Å². The predicted molar refractivity (Wildman–Crippen MR) is 136 cm³/mol. The highest BCUT2D eigenvalue weighted by molar-refractivity contribution is 6.40. The number of rotatable bonds is 3. The van der Waals surface area contributed by atoms with E-state index in [0.29, 0.717) is 29.7 Å². The SMILES string of the molecule is C[C@H]1CC[C@H](c2ccc3nn([C@@H]4CCN(C)C4)cc3c2)N(C(=O)C(=O)Nc2cncc3cn[nH]c23)C1. The van der Waals surface area contributed by atoms with Crippen LogP contribution in [0.1, 0.15) is 43.8 Å². The third-order valence-corrected chi connectivity index (χ3v) is 7.55. The molecule has 3 aromatic heterocycles. The van der Waals surface area contributed by atoms with Crippen molar-refractivity contribution in [2.45, 2.75) is 38.3 Å². The number of amides is 2. The number of piperidine rings is 1. The Hall–Kier alpha value is -3.79. The summed E-state index contributed by atoms with van der Waals surface area (Å²) in [6.45, 7) is 4.74. The molecule has 36 heavy (non-hydrogen) atoms. The molecule has 10 heteroatoms. The van der Waals surface area contributed by atoms with Crippen LogP contribution in [0.4, 0.5) is 5.69 Å². The lowest BCUT2D eigenvalue weighted by Gasteiger charge is -2.38. The number of hydrogen-bond acceptors (Lipinski definition) is 6. The number of carbonyl (C=O) groups excluding carboxylic acids is 2. The Morgan fingerprint density at radius 2 is 1.97 bits per heavy atom. The fourth-order valence-corrected chi connectivity index (χ4v) is 5.58. The van der Waals surface area contributed by atoms with Crippen molar-refractivity contribution in [2.24, 2.45) is 5.92 Å². The number of H-pyrrole nitrogens is 1. The maximum atomic E-state index is 13.4. The Bertz CT molecular complexity index is 1440. The van der Waals surface area contributed by atoms with Crippen LogP contribution in [0, 0.1) is 5.92 Å². The number of carbonyl (C=O) groups is 2. The predicted octanol–water partition coefficient (Wildman–Crippen LogP) is 3.12. The van der Waals surface area contributed by atoms with Crippen LogP contribution in [0.5, 0.6) is 0 Å². The smallest absolute Gasteiger partial charge is 0.314 e. The van der Waals surface area contributed by atoms with E-state index in [1.807, 2.05) is 6.07 Å². The van der Waals surface area contributed by atoms with E-state index in [1.54, 1.807) is 17.3 Å². The number of likely N-dealkylation sites (N-methyl/N-ethyl adjacent to an activating group) is 1. The maximum absolute atomic E-state index is 13.4. The summed E-state index contributed by atoms with van der Waals surface area (Å²) in [5, 5.41) is 16.2. The lowest BCUT2D eigenvalue weighted by molar-refractivity contribution is -0.146. The number of nitrogens with one attached hydrogen (secondary N) is 2. The van der Waals surface area contributed by atoms with E-state index in [0.717, 1.165) is 54.2 Å². The number of pyridine rings is 1. The number of anilines is 1. The monoisotopic (exact) mass is 486 g/mol. The van der Waals surface area contributed by atoms with Gasteiger partial charge in [-0.3, -0.25) is 24.4 Å². The average Bonchev–Trinajstić information content (AvgIpc) is 3.62. The van der Waals surface area contributed by atoms with Crippen LogP contribution in [0.3, 0.4) is 0 Å². The molecule has 10 nitrogen and oxygen atoms in total. The second kappa shape index (κ2) is 9.02. The quantitative estimate of drug-likeness (QED) is 0.431. The van der Waals surface area contributed by atoms with Crippen LogP contribution in [-0.4, -0.2) is 73.3 Å². The molecule has 0 saturated carbocycles. The van der Waals surface area contributed by atoms with Crippen molar-refractivity contribution in [3.05, 3.63) is 48.5 Å². The van der Waals surface area contributed by atoms with E-state index in [2.05, 4.69) is 62.4 Å². The maximum Gasteiger partial charge on any atom is 0.314 e. The van der Waals surface area contributed by atoms with Crippen molar-refractivity contribution >= 4 is 39.3 Å². The molecule has 0 radical (unpaired) electrons. The van der Waals surface area contributed by atoms with Gasteiger partial charge in [-0.1, -0.05) is 13.0 Å². The summed E-state index contributed by atoms with van der Waals surface area (Å²) in [5.41, 5.74) is 3.08. The van der Waals surface area contributed by atoms with Gasteiger partial charge >= 0.3 is 11.8 Å². The fraction of sp³-hybridized carbons (Fsp3) is 0.423. The van der Waals surface area contributed by atoms with Gasteiger partial charge in [-0.2, -0.15) is 10.2 Å². The van der Waals surface area contributed by atoms with Crippen molar-refractivity contribution in [3.8, 4) is 0 Å². The fourth-order valence-electron chi connectivity index (χ4n) is 5.58. The molecule has 186 valence electrons. The molecule has 0 spiro atoms. The molecule has 0 unspecified atom stereocenters. The summed E-state index contributed by atoms with van der Waals surface area (Å²) in [4.78, 5) is 34.7. The number of benzene rings is 1. The molecule has 0 aliphatic carbocycles. The average molecular weight is 487 g/mol. The summed E-state index contributed by atoms with van der Waals surface area (Å²) in [6, 6.07) is 6.44. The third-order valence-electron chi connectivity index (χ3n) is 7.55. The van der Waals surface area contributed by atoms with Gasteiger partial charge in [-0.25, -0.2) is 0 Å². The van der Waals surface area contributed by atoms with Gasteiger partial charge in [0, 0.05) is 36.3 Å². The Balaban J connectivity index is 1.25. The molecule has 4 aromatic rings. The van der Waals surface area contributed by atoms with Gasteiger partial charge in [-0.15, -0.1) is 0 Å². The standard InChI is InChI=1S/C26H30N8O2/c1-16-3-6-23(17-4-5-21-18(9-17)14-34(31-21)20-7-8-32(2)15-20)33(13-16)26(36)25(35)29-22-12-27-10-19-11-28-30-24(19)22/h4-5,9-12,14,16,20,23H,3,6-8,13,15H2,1-2H3,(H,28,30)(H,29,35)/t16-,20+,23+/m0/s1. The zero-order valence-corrected chi connectivity index (χ0v) is 20.5. The molecular formula is C26H30N8O2. The lowest BCUT2D eigenvalue weighted by Crippen LogP contribution is -2.46. The van der Waals surface area contributed by atoms with Gasteiger partial charge in [0.05, 0.1) is 41.2 Å². The molecule has 6 rings (SSSR count). The van der Waals surface area contributed by atoms with Crippen LogP contribution < -0.4 is 5.32 Å². The van der Waals surface area contributed by atoms with Crippen LogP contribution in [-0.2, 0) is 9.59 Å². The zero-order valence-electron chi connectivity index (χ0n) is 20.5. The first-order chi connectivity index (χ1) is 17.5. The third kappa shape index (κ3) is 4.11. The molecule has 2 aliphatic heterocycles. The lowest BCUT2D eigenvalue weighted by atomic mass is 9.89. The van der Waals surface area contributed by atoms with Gasteiger partial charge in [0.1, 0.15) is 0 Å². The minimum Gasteiger partial charge on any atom is -0.327 e. The molecule has 2 saturated heterocycles. The number of aromatic nitrogens is 5. The Morgan fingerprint density at radius 1 is 1.08 bits per heavy atom. The largest absolute Gasteiger partial charge is 0.327 e. The summed E-state index contributed by atoms with van der Waals surface area (Å²) in [7, 11) is 2.14. The molecule has 1 aromatic carbocycles. The second-order valence-corrected chi connectivity index (χ2v) is 10.3. The molecule has 3 atom stereocenters. The molecule has 2 aliphatic rings. The Morgan fingerprint density at radius 3 is 2.81 bits per heavy atom. The first-order valence-corrected chi connectivity index (χ1v) is 12.5. The highest BCUT2D eigenvalue weighted by Crippen LogP contribution is 2.35. The van der Waals surface area contributed by atoms with Crippen molar-refractivity contribution < 1.29 is 9.59 Å².